The summed E-state index contributed by atoms with van der Waals surface area (Å²) in [5.74, 6) is 2.79. The van der Waals surface area contributed by atoms with E-state index in [0.29, 0.717) is 17.2 Å². The number of ether oxygens (including phenoxy) is 2. The van der Waals surface area contributed by atoms with Crippen molar-refractivity contribution in [3.63, 3.8) is 0 Å². The molecule has 0 amide bonds. The molecule has 0 fully saturated rings. The Kier molecular flexibility index (Phi) is 7.98. The third-order valence-corrected chi connectivity index (χ3v) is 12.6. The van der Waals surface area contributed by atoms with E-state index in [2.05, 4.69) is 224 Å². The van der Waals surface area contributed by atoms with Crippen molar-refractivity contribution in [1.82, 2.24) is 0 Å². The van der Waals surface area contributed by atoms with Gasteiger partial charge >= 0.3 is 0 Å². The Labute approximate surface area is 356 Å². The molecule has 0 saturated carbocycles. The van der Waals surface area contributed by atoms with Crippen LogP contribution in [0.3, 0.4) is 0 Å². The number of para-hydroxylation sites is 1. The predicted molar refractivity (Wildman–Crippen MR) is 249 cm³/mol. The van der Waals surface area contributed by atoms with Crippen molar-refractivity contribution in [3.8, 4) is 67.5 Å². The molecular formula is C58H39NO2. The lowest BCUT2D eigenvalue weighted by Gasteiger charge is -2.35. The number of rotatable bonds is 6. The fourth-order valence-electron chi connectivity index (χ4n) is 10.1. The molecule has 0 saturated heterocycles. The largest absolute Gasteiger partial charge is 0.449 e. The van der Waals surface area contributed by atoms with Crippen LogP contribution in [0, 0.1) is 0 Å². The molecule has 9 aromatic carbocycles. The molecule has 3 heteroatoms. The molecule has 9 aromatic rings. The van der Waals surface area contributed by atoms with Crippen LogP contribution in [0.25, 0.3) is 50.6 Å². The molecule has 0 unspecified atom stereocenters. The van der Waals surface area contributed by atoms with E-state index in [1.807, 2.05) is 6.07 Å². The van der Waals surface area contributed by atoms with Gasteiger partial charge in [0.15, 0.2) is 23.0 Å². The molecular weight excluding hydrogens is 743 g/mol. The zero-order valence-corrected chi connectivity index (χ0v) is 33.5. The summed E-state index contributed by atoms with van der Waals surface area (Å²) in [7, 11) is 0. The summed E-state index contributed by atoms with van der Waals surface area (Å²) in [6, 6.07) is 75.7. The van der Waals surface area contributed by atoms with Crippen LogP contribution in [0.2, 0.25) is 0 Å². The molecule has 1 heterocycles. The van der Waals surface area contributed by atoms with Gasteiger partial charge in [-0.3, -0.25) is 0 Å². The monoisotopic (exact) mass is 781 g/mol. The van der Waals surface area contributed by atoms with Crippen molar-refractivity contribution in [2.24, 2.45) is 0 Å². The van der Waals surface area contributed by atoms with Crippen LogP contribution in [-0.2, 0) is 5.41 Å². The lowest BCUT2D eigenvalue weighted by atomic mass is 9.70. The molecule has 2 aliphatic carbocycles. The van der Waals surface area contributed by atoms with Crippen molar-refractivity contribution in [1.29, 1.82) is 0 Å². The maximum absolute atomic E-state index is 7.31. The van der Waals surface area contributed by atoms with Crippen LogP contribution in [0.4, 0.5) is 11.4 Å². The molecule has 1 aliphatic heterocycles. The van der Waals surface area contributed by atoms with Crippen molar-refractivity contribution < 1.29 is 9.47 Å². The van der Waals surface area contributed by atoms with Crippen LogP contribution in [0.1, 0.15) is 34.7 Å². The molecule has 0 bridgehead atoms. The molecule has 61 heavy (non-hydrogen) atoms. The van der Waals surface area contributed by atoms with E-state index in [0.717, 1.165) is 56.2 Å². The molecule has 12 rings (SSSR count). The zero-order valence-electron chi connectivity index (χ0n) is 33.5. The van der Waals surface area contributed by atoms with Crippen LogP contribution in [0.15, 0.2) is 218 Å². The summed E-state index contributed by atoms with van der Waals surface area (Å²) in [5, 5.41) is 0. The summed E-state index contributed by atoms with van der Waals surface area (Å²) < 4.78 is 14.6. The summed E-state index contributed by atoms with van der Waals surface area (Å²) in [5.41, 5.74) is 17.8. The maximum atomic E-state index is 7.31. The average Bonchev–Trinajstić information content (AvgIpc) is 3.79. The first kappa shape index (κ1) is 35.1. The fraction of sp³-hybridized carbons (Fsp3) is 0.0345. The standard InChI is InChI=1S/C58H39NO2/c1-38(34-39-18-5-2-6-19-39)59(44-36-42(40-20-7-3-8-21-40)35-43(37-44)41-22-9-4-10-23-41)52-30-17-31-53-56(52)60-54-33-32-48-47-26-13-16-29-51(47)58(55(48)57(54)61-53)49-27-14-11-24-45(49)46-25-12-15-28-50(46)58/h2-37H,1H3/b38-34-. The highest BCUT2D eigenvalue weighted by molar-refractivity contribution is 5.97. The lowest BCUT2D eigenvalue weighted by Crippen LogP contribution is -2.27. The first-order valence-electron chi connectivity index (χ1n) is 20.9. The molecule has 0 aromatic heterocycles. The smallest absolute Gasteiger partial charge is 0.194 e. The summed E-state index contributed by atoms with van der Waals surface area (Å²) in [6.45, 7) is 2.17. The van der Waals surface area contributed by atoms with Gasteiger partial charge in [0.2, 0.25) is 0 Å². The third-order valence-electron chi connectivity index (χ3n) is 12.6. The number of nitrogens with zero attached hydrogens (tertiary/aromatic N) is 1. The normalized spacial score (nSPS) is 13.5. The van der Waals surface area contributed by atoms with Gasteiger partial charge in [-0.25, -0.2) is 0 Å². The Morgan fingerprint density at radius 1 is 0.426 bits per heavy atom. The van der Waals surface area contributed by atoms with E-state index in [9.17, 15) is 0 Å². The molecule has 0 radical (unpaired) electrons. The van der Waals surface area contributed by atoms with Gasteiger partial charge in [0, 0.05) is 16.9 Å². The van der Waals surface area contributed by atoms with Crippen LogP contribution >= 0.6 is 0 Å². The lowest BCUT2D eigenvalue weighted by molar-refractivity contribution is 0.355. The number of hydrogen-bond donors (Lipinski definition) is 0. The molecule has 3 aliphatic rings. The molecule has 0 atom stereocenters. The number of anilines is 2. The molecule has 3 nitrogen and oxygen atoms in total. The minimum Gasteiger partial charge on any atom is -0.449 e. The Hall–Kier alpha value is -7.88. The molecule has 288 valence electrons. The summed E-state index contributed by atoms with van der Waals surface area (Å²) >= 11 is 0. The zero-order chi connectivity index (χ0) is 40.5. The quantitative estimate of drug-likeness (QED) is 0.168. The van der Waals surface area contributed by atoms with Crippen molar-refractivity contribution in [2.75, 3.05) is 4.90 Å². The van der Waals surface area contributed by atoms with E-state index in [4.69, 9.17) is 9.47 Å². The average molecular weight is 782 g/mol. The van der Waals surface area contributed by atoms with Gasteiger partial charge in [0.05, 0.1) is 11.1 Å². The van der Waals surface area contributed by atoms with Crippen molar-refractivity contribution in [3.05, 3.63) is 246 Å². The van der Waals surface area contributed by atoms with Crippen molar-refractivity contribution >= 4 is 17.5 Å². The summed E-state index contributed by atoms with van der Waals surface area (Å²) in [6.07, 6.45) is 2.23. The van der Waals surface area contributed by atoms with E-state index in [1.54, 1.807) is 0 Å². The van der Waals surface area contributed by atoms with Crippen LogP contribution in [-0.4, -0.2) is 0 Å². The predicted octanol–water partition coefficient (Wildman–Crippen LogP) is 15.5. The fourth-order valence-corrected chi connectivity index (χ4v) is 10.1. The van der Waals surface area contributed by atoms with Crippen LogP contribution < -0.4 is 14.4 Å². The van der Waals surface area contributed by atoms with Gasteiger partial charge in [-0.2, -0.15) is 0 Å². The van der Waals surface area contributed by atoms with E-state index < -0.39 is 5.41 Å². The van der Waals surface area contributed by atoms with Gasteiger partial charge in [-0.15, -0.1) is 0 Å². The second-order valence-corrected chi connectivity index (χ2v) is 16.0. The van der Waals surface area contributed by atoms with Crippen LogP contribution in [0.5, 0.6) is 23.0 Å². The minimum absolute atomic E-state index is 0.574. The second kappa shape index (κ2) is 13.9. The maximum Gasteiger partial charge on any atom is 0.194 e. The van der Waals surface area contributed by atoms with Crippen molar-refractivity contribution in [2.45, 2.75) is 12.3 Å². The van der Waals surface area contributed by atoms with Gasteiger partial charge in [-0.05, 0) is 116 Å². The highest BCUT2D eigenvalue weighted by Gasteiger charge is 2.54. The first-order valence-corrected chi connectivity index (χ1v) is 20.9. The number of benzene rings is 9. The van der Waals surface area contributed by atoms with Gasteiger partial charge in [0.1, 0.15) is 0 Å². The van der Waals surface area contributed by atoms with Gasteiger partial charge < -0.3 is 14.4 Å². The topological polar surface area (TPSA) is 21.7 Å². The Balaban J connectivity index is 1.06. The highest BCUT2D eigenvalue weighted by atomic mass is 16.6. The number of hydrogen-bond acceptors (Lipinski definition) is 3. The Morgan fingerprint density at radius 3 is 1.51 bits per heavy atom. The van der Waals surface area contributed by atoms with E-state index >= 15 is 0 Å². The first-order chi connectivity index (χ1) is 30.2. The SMILES string of the molecule is C/C(=C/c1ccccc1)N(c1cc(-c2ccccc2)cc(-c2ccccc2)c1)c1cccc2c1Oc1ccc3c(c1O2)C1(c2ccccc2-c2ccccc21)c1ccccc1-3. The van der Waals surface area contributed by atoms with Gasteiger partial charge in [-0.1, -0.05) is 176 Å². The Bertz CT molecular complexity index is 3080. The minimum atomic E-state index is -0.574. The van der Waals surface area contributed by atoms with E-state index in [1.165, 1.54) is 38.9 Å². The van der Waals surface area contributed by atoms with Gasteiger partial charge in [0.25, 0.3) is 0 Å². The Morgan fingerprint density at radius 2 is 0.918 bits per heavy atom. The highest BCUT2D eigenvalue weighted by Crippen LogP contribution is 2.67. The number of allylic oxidation sites excluding steroid dienone is 1. The van der Waals surface area contributed by atoms with E-state index in [-0.39, 0.29) is 0 Å². The molecule has 1 spiro atoms. The number of fused-ring (bicyclic) bond motifs is 13. The molecule has 0 N–H and O–H groups in total. The third kappa shape index (κ3) is 5.37. The summed E-state index contributed by atoms with van der Waals surface area (Å²) in [4.78, 5) is 2.31. The second-order valence-electron chi connectivity index (χ2n) is 16.0.